The number of rotatable bonds is 6. The number of hydrogen-bond acceptors (Lipinski definition) is 3. The van der Waals surface area contributed by atoms with Crippen LogP contribution in [0.15, 0.2) is 4.99 Å². The summed E-state index contributed by atoms with van der Waals surface area (Å²) >= 11 is 4.04. The van der Waals surface area contributed by atoms with E-state index in [1.165, 1.54) is 24.3 Å². The number of nitrogens with zero attached hydrogens (tertiary/aromatic N) is 2. The fourth-order valence-corrected chi connectivity index (χ4v) is 3.97. The van der Waals surface area contributed by atoms with Gasteiger partial charge in [0.1, 0.15) is 0 Å². The van der Waals surface area contributed by atoms with Gasteiger partial charge in [-0.15, -0.1) is 0 Å². The average Bonchev–Trinajstić information content (AvgIpc) is 2.43. The molecule has 1 unspecified atom stereocenters. The summed E-state index contributed by atoms with van der Waals surface area (Å²) in [4.78, 5) is 6.87. The Kier molecular flexibility index (Phi) is 8.79. The molecule has 1 rings (SSSR count). The summed E-state index contributed by atoms with van der Waals surface area (Å²) in [5.74, 6) is 4.31. The van der Waals surface area contributed by atoms with E-state index in [1.54, 1.807) is 0 Å². The smallest absolute Gasteiger partial charge is 0.193 e. The third-order valence-corrected chi connectivity index (χ3v) is 5.64. The van der Waals surface area contributed by atoms with Gasteiger partial charge < -0.3 is 10.2 Å². The minimum atomic E-state index is 0.740. The van der Waals surface area contributed by atoms with Crippen molar-refractivity contribution in [3.05, 3.63) is 0 Å². The third-order valence-electron chi connectivity index (χ3n) is 3.41. The zero-order chi connectivity index (χ0) is 14.1. The Morgan fingerprint density at radius 3 is 2.89 bits per heavy atom. The van der Waals surface area contributed by atoms with Crippen molar-refractivity contribution in [2.24, 2.45) is 10.9 Å². The molecule has 3 nitrogen and oxygen atoms in total. The molecule has 19 heavy (non-hydrogen) atoms. The summed E-state index contributed by atoms with van der Waals surface area (Å²) < 4.78 is 0. The van der Waals surface area contributed by atoms with Gasteiger partial charge in [-0.25, -0.2) is 0 Å². The summed E-state index contributed by atoms with van der Waals surface area (Å²) in [5.41, 5.74) is 0. The zero-order valence-electron chi connectivity index (χ0n) is 12.8. The molecule has 1 N–H and O–H groups in total. The van der Waals surface area contributed by atoms with E-state index >= 15 is 0 Å². The maximum atomic E-state index is 4.44. The molecule has 0 radical (unpaired) electrons. The predicted molar refractivity (Wildman–Crippen MR) is 91.6 cm³/mol. The first-order valence-electron chi connectivity index (χ1n) is 7.25. The van der Waals surface area contributed by atoms with E-state index < -0.39 is 0 Å². The number of aliphatic imine (C=N–C) groups is 1. The molecule has 1 heterocycles. The normalized spacial score (nSPS) is 21.0. The Morgan fingerprint density at radius 2 is 2.26 bits per heavy atom. The number of unbranched alkanes of at least 4 members (excludes halogenated alkanes) is 1. The van der Waals surface area contributed by atoms with E-state index in [0.717, 1.165) is 36.8 Å². The molecule has 5 heteroatoms. The highest BCUT2D eigenvalue weighted by Crippen LogP contribution is 2.24. The molecule has 0 bridgehead atoms. The molecule has 1 atom stereocenters. The molecule has 1 fully saturated rings. The van der Waals surface area contributed by atoms with Gasteiger partial charge in [0.2, 0.25) is 0 Å². The van der Waals surface area contributed by atoms with Gasteiger partial charge in [0, 0.05) is 37.7 Å². The Labute approximate surface area is 127 Å². The number of nitrogens with one attached hydrogen (secondary N) is 1. The van der Waals surface area contributed by atoms with E-state index in [4.69, 9.17) is 0 Å². The summed E-state index contributed by atoms with van der Waals surface area (Å²) in [7, 11) is 1.90. The van der Waals surface area contributed by atoms with Crippen molar-refractivity contribution in [2.75, 3.05) is 44.4 Å². The summed E-state index contributed by atoms with van der Waals surface area (Å²) in [6, 6.07) is 0. The molecule has 1 saturated heterocycles. The lowest BCUT2D eigenvalue weighted by molar-refractivity contribution is 0.380. The first kappa shape index (κ1) is 17.0. The summed E-state index contributed by atoms with van der Waals surface area (Å²) in [6.07, 6.45) is 4.69. The molecular formula is C14H29N3S2. The van der Waals surface area contributed by atoms with Crippen LogP contribution in [0.2, 0.25) is 0 Å². The van der Waals surface area contributed by atoms with Gasteiger partial charge in [0.25, 0.3) is 0 Å². The third kappa shape index (κ3) is 6.30. The molecule has 0 amide bonds. The van der Waals surface area contributed by atoms with Gasteiger partial charge in [0.15, 0.2) is 5.96 Å². The zero-order valence-corrected chi connectivity index (χ0v) is 14.4. The van der Waals surface area contributed by atoms with Gasteiger partial charge in [-0.05, 0) is 30.8 Å². The van der Waals surface area contributed by atoms with Gasteiger partial charge in [-0.2, -0.15) is 23.5 Å². The summed E-state index contributed by atoms with van der Waals surface area (Å²) in [5, 5.41) is 4.25. The molecule has 0 spiro atoms. The largest absolute Gasteiger partial charge is 0.356 e. The highest BCUT2D eigenvalue weighted by molar-refractivity contribution is 8.00. The second kappa shape index (κ2) is 9.81. The van der Waals surface area contributed by atoms with Crippen LogP contribution < -0.4 is 5.32 Å². The molecule has 0 aromatic carbocycles. The standard InChI is InChI=1S/C14H29N3S2/c1-12(2)13-11-17(8-10-19-13)14(15-3)16-7-5-6-9-18-4/h12-13H,5-11H2,1-4H3,(H,15,16). The van der Waals surface area contributed by atoms with Crippen LogP contribution in [-0.4, -0.2) is 60.6 Å². The molecule has 0 saturated carbocycles. The minimum Gasteiger partial charge on any atom is -0.356 e. The lowest BCUT2D eigenvalue weighted by atomic mass is 10.1. The Balaban J connectivity index is 2.33. The number of thioether (sulfide) groups is 2. The van der Waals surface area contributed by atoms with Crippen LogP contribution in [0.25, 0.3) is 0 Å². The van der Waals surface area contributed by atoms with Crippen LogP contribution in [0, 0.1) is 5.92 Å². The minimum absolute atomic E-state index is 0.740. The van der Waals surface area contributed by atoms with E-state index in [2.05, 4.69) is 47.1 Å². The molecule has 112 valence electrons. The fraction of sp³-hybridized carbons (Fsp3) is 0.929. The molecule has 1 aliphatic heterocycles. The highest BCUT2D eigenvalue weighted by Gasteiger charge is 2.24. The quantitative estimate of drug-likeness (QED) is 0.464. The predicted octanol–water partition coefficient (Wildman–Crippen LogP) is 2.78. The SMILES string of the molecule is CN=C(NCCCCSC)N1CCSC(C(C)C)C1. The van der Waals surface area contributed by atoms with Gasteiger partial charge in [-0.1, -0.05) is 13.8 Å². The van der Waals surface area contributed by atoms with E-state index in [-0.39, 0.29) is 0 Å². The van der Waals surface area contributed by atoms with Crippen LogP contribution in [0.1, 0.15) is 26.7 Å². The first-order chi connectivity index (χ1) is 9.19. The van der Waals surface area contributed by atoms with Crippen molar-refractivity contribution in [3.63, 3.8) is 0 Å². The molecular weight excluding hydrogens is 274 g/mol. The highest BCUT2D eigenvalue weighted by atomic mass is 32.2. The van der Waals surface area contributed by atoms with E-state index in [0.29, 0.717) is 0 Å². The van der Waals surface area contributed by atoms with Crippen LogP contribution in [0.4, 0.5) is 0 Å². The van der Waals surface area contributed by atoms with Crippen molar-refractivity contribution in [2.45, 2.75) is 31.9 Å². The Hall–Kier alpha value is -0.0300. The van der Waals surface area contributed by atoms with Crippen LogP contribution in [0.3, 0.4) is 0 Å². The van der Waals surface area contributed by atoms with Crippen molar-refractivity contribution in [1.82, 2.24) is 10.2 Å². The average molecular weight is 304 g/mol. The van der Waals surface area contributed by atoms with Crippen molar-refractivity contribution in [3.8, 4) is 0 Å². The Bertz CT molecular complexity index is 269. The maximum absolute atomic E-state index is 4.44. The molecule has 1 aliphatic rings. The van der Waals surface area contributed by atoms with Crippen molar-refractivity contribution >= 4 is 29.5 Å². The summed E-state index contributed by atoms with van der Waals surface area (Å²) in [6.45, 7) is 7.94. The molecule has 0 aromatic heterocycles. The Morgan fingerprint density at radius 1 is 1.47 bits per heavy atom. The first-order valence-corrected chi connectivity index (χ1v) is 9.69. The van der Waals surface area contributed by atoms with Crippen LogP contribution in [0.5, 0.6) is 0 Å². The van der Waals surface area contributed by atoms with Gasteiger partial charge in [0.05, 0.1) is 0 Å². The monoisotopic (exact) mass is 303 g/mol. The second-order valence-corrected chi connectivity index (χ2v) is 7.61. The van der Waals surface area contributed by atoms with Crippen LogP contribution in [-0.2, 0) is 0 Å². The number of guanidine groups is 1. The van der Waals surface area contributed by atoms with E-state index in [1.807, 2.05) is 18.8 Å². The molecule has 0 aliphatic carbocycles. The van der Waals surface area contributed by atoms with Crippen LogP contribution >= 0.6 is 23.5 Å². The molecule has 0 aromatic rings. The van der Waals surface area contributed by atoms with Gasteiger partial charge >= 0.3 is 0 Å². The lowest BCUT2D eigenvalue weighted by Gasteiger charge is -2.36. The lowest BCUT2D eigenvalue weighted by Crippen LogP contribution is -2.49. The van der Waals surface area contributed by atoms with Crippen molar-refractivity contribution < 1.29 is 0 Å². The van der Waals surface area contributed by atoms with Gasteiger partial charge in [-0.3, -0.25) is 4.99 Å². The fourth-order valence-electron chi connectivity index (χ4n) is 2.17. The van der Waals surface area contributed by atoms with E-state index in [9.17, 15) is 0 Å². The van der Waals surface area contributed by atoms with Crippen molar-refractivity contribution in [1.29, 1.82) is 0 Å². The second-order valence-electron chi connectivity index (χ2n) is 5.27. The maximum Gasteiger partial charge on any atom is 0.193 e. The number of hydrogen-bond donors (Lipinski definition) is 1. The topological polar surface area (TPSA) is 27.6 Å².